The van der Waals surface area contributed by atoms with Gasteiger partial charge in [-0.25, -0.2) is 0 Å². The van der Waals surface area contributed by atoms with Crippen molar-refractivity contribution >= 4 is 0 Å². The fourth-order valence-corrected chi connectivity index (χ4v) is 2.82. The number of hydrogen-bond donors (Lipinski definition) is 0. The predicted molar refractivity (Wildman–Crippen MR) is 79.0 cm³/mol. The number of benzene rings is 2. The highest BCUT2D eigenvalue weighted by Gasteiger charge is 2.19. The molecule has 3 rings (SSSR count). The topological polar surface area (TPSA) is 9.23 Å². The lowest BCUT2D eigenvalue weighted by atomic mass is 9.90. The Kier molecular flexibility index (Phi) is 3.06. The van der Waals surface area contributed by atoms with Crippen LogP contribution in [0, 0.1) is 12.8 Å². The van der Waals surface area contributed by atoms with Gasteiger partial charge in [-0.3, -0.25) is 0 Å². The zero-order valence-corrected chi connectivity index (χ0v) is 11.9. The molecule has 0 aliphatic carbocycles. The molecule has 0 saturated heterocycles. The summed E-state index contributed by atoms with van der Waals surface area (Å²) in [6.07, 6.45) is 2.13. The van der Waals surface area contributed by atoms with Gasteiger partial charge in [-0.2, -0.15) is 0 Å². The van der Waals surface area contributed by atoms with Gasteiger partial charge < -0.3 is 4.74 Å². The third-order valence-electron chi connectivity index (χ3n) is 3.86. The van der Waals surface area contributed by atoms with E-state index in [2.05, 4.69) is 51.1 Å². The van der Waals surface area contributed by atoms with Gasteiger partial charge in [-0.05, 0) is 48.1 Å². The van der Waals surface area contributed by atoms with E-state index >= 15 is 0 Å². The molecular formula is C18H20O. The van der Waals surface area contributed by atoms with Gasteiger partial charge in [0.25, 0.3) is 0 Å². The van der Waals surface area contributed by atoms with Crippen molar-refractivity contribution in [2.24, 2.45) is 5.92 Å². The minimum atomic E-state index is 0.688. The van der Waals surface area contributed by atoms with E-state index in [4.69, 9.17) is 4.74 Å². The lowest BCUT2D eigenvalue weighted by Gasteiger charge is -2.23. The van der Waals surface area contributed by atoms with Crippen molar-refractivity contribution in [3.63, 3.8) is 0 Å². The summed E-state index contributed by atoms with van der Waals surface area (Å²) in [6, 6.07) is 12.7. The first-order valence-electron chi connectivity index (χ1n) is 7.02. The van der Waals surface area contributed by atoms with Crippen molar-refractivity contribution < 1.29 is 4.74 Å². The first kappa shape index (κ1) is 12.3. The lowest BCUT2D eigenvalue weighted by molar-refractivity contribution is 0.458. The first-order valence-corrected chi connectivity index (χ1v) is 7.02. The highest BCUT2D eigenvalue weighted by molar-refractivity contribution is 5.54. The minimum Gasteiger partial charge on any atom is -0.457 e. The van der Waals surface area contributed by atoms with Crippen LogP contribution in [-0.4, -0.2) is 0 Å². The van der Waals surface area contributed by atoms with E-state index in [1.54, 1.807) is 0 Å². The van der Waals surface area contributed by atoms with E-state index in [1.165, 1.54) is 22.3 Å². The Morgan fingerprint density at radius 2 is 1.84 bits per heavy atom. The predicted octanol–water partition coefficient (Wildman–Crippen LogP) is 4.89. The van der Waals surface area contributed by atoms with Crippen molar-refractivity contribution in [3.8, 4) is 11.5 Å². The fourth-order valence-electron chi connectivity index (χ4n) is 2.82. The molecule has 1 aliphatic heterocycles. The number of rotatable bonds is 2. The molecule has 2 aromatic rings. The molecule has 0 bridgehead atoms. The largest absolute Gasteiger partial charge is 0.457 e. The van der Waals surface area contributed by atoms with Crippen molar-refractivity contribution in [3.05, 3.63) is 58.7 Å². The van der Waals surface area contributed by atoms with Crippen molar-refractivity contribution in [1.82, 2.24) is 0 Å². The summed E-state index contributed by atoms with van der Waals surface area (Å²) in [5.74, 6) is 2.73. The van der Waals surface area contributed by atoms with E-state index in [-0.39, 0.29) is 0 Å². The van der Waals surface area contributed by atoms with Crippen molar-refractivity contribution in [1.29, 1.82) is 0 Å². The van der Waals surface area contributed by atoms with E-state index in [0.717, 1.165) is 24.3 Å². The highest BCUT2D eigenvalue weighted by atomic mass is 16.5. The maximum atomic E-state index is 6.02. The Balaban J connectivity index is 2.02. The molecule has 19 heavy (non-hydrogen) atoms. The van der Waals surface area contributed by atoms with Crippen LogP contribution in [0.5, 0.6) is 11.5 Å². The molecule has 0 fully saturated rings. The number of ether oxygens (including phenoxy) is 1. The maximum absolute atomic E-state index is 6.02. The van der Waals surface area contributed by atoms with Crippen LogP contribution in [0.4, 0.5) is 0 Å². The average molecular weight is 252 g/mol. The molecule has 0 atom stereocenters. The van der Waals surface area contributed by atoms with Gasteiger partial charge in [0.2, 0.25) is 0 Å². The van der Waals surface area contributed by atoms with Crippen LogP contribution < -0.4 is 4.74 Å². The summed E-state index contributed by atoms with van der Waals surface area (Å²) in [5.41, 5.74) is 5.51. The zero-order valence-electron chi connectivity index (χ0n) is 11.9. The molecule has 1 nitrogen and oxygen atoms in total. The molecule has 1 aliphatic rings. The summed E-state index contributed by atoms with van der Waals surface area (Å²) in [7, 11) is 0. The van der Waals surface area contributed by atoms with Crippen LogP contribution in [0.2, 0.25) is 0 Å². The Morgan fingerprint density at radius 3 is 2.63 bits per heavy atom. The van der Waals surface area contributed by atoms with Gasteiger partial charge in [-0.1, -0.05) is 38.1 Å². The van der Waals surface area contributed by atoms with Crippen LogP contribution in [0.15, 0.2) is 36.4 Å². The van der Waals surface area contributed by atoms with E-state index in [9.17, 15) is 0 Å². The van der Waals surface area contributed by atoms with Crippen LogP contribution >= 0.6 is 0 Å². The van der Waals surface area contributed by atoms with Crippen LogP contribution in [-0.2, 0) is 12.8 Å². The Morgan fingerprint density at radius 1 is 1.05 bits per heavy atom. The van der Waals surface area contributed by atoms with Crippen LogP contribution in [0.1, 0.15) is 36.1 Å². The van der Waals surface area contributed by atoms with E-state index in [1.807, 2.05) is 6.07 Å². The average Bonchev–Trinajstić information content (AvgIpc) is 2.40. The highest BCUT2D eigenvalue weighted by Crippen LogP contribution is 2.39. The van der Waals surface area contributed by atoms with Gasteiger partial charge >= 0.3 is 0 Å². The molecule has 0 aromatic heterocycles. The SMILES string of the molecule is Cc1c(CC(C)C)ccc2c1Cc1ccccc1O2. The summed E-state index contributed by atoms with van der Waals surface area (Å²) in [6.45, 7) is 6.77. The van der Waals surface area contributed by atoms with Crippen LogP contribution in [0.3, 0.4) is 0 Å². The zero-order chi connectivity index (χ0) is 13.4. The molecule has 0 unspecified atom stereocenters. The van der Waals surface area contributed by atoms with Crippen molar-refractivity contribution in [2.45, 2.75) is 33.6 Å². The quantitative estimate of drug-likeness (QED) is 0.631. The Labute approximate surface area is 115 Å². The third-order valence-corrected chi connectivity index (χ3v) is 3.86. The molecule has 0 amide bonds. The van der Waals surface area contributed by atoms with Gasteiger partial charge in [0.1, 0.15) is 11.5 Å². The maximum Gasteiger partial charge on any atom is 0.131 e. The second-order valence-electron chi connectivity index (χ2n) is 5.81. The molecular weight excluding hydrogens is 232 g/mol. The minimum absolute atomic E-state index is 0.688. The molecule has 0 radical (unpaired) electrons. The molecule has 0 spiro atoms. The Bertz CT molecular complexity index is 611. The van der Waals surface area contributed by atoms with Gasteiger partial charge in [0.15, 0.2) is 0 Å². The normalized spacial score (nSPS) is 12.8. The van der Waals surface area contributed by atoms with E-state index < -0.39 is 0 Å². The van der Waals surface area contributed by atoms with Crippen molar-refractivity contribution in [2.75, 3.05) is 0 Å². The van der Waals surface area contributed by atoms with Crippen LogP contribution in [0.25, 0.3) is 0 Å². The second kappa shape index (κ2) is 4.73. The van der Waals surface area contributed by atoms with Gasteiger partial charge in [0.05, 0.1) is 0 Å². The molecule has 2 aromatic carbocycles. The van der Waals surface area contributed by atoms with E-state index in [0.29, 0.717) is 5.92 Å². The molecule has 1 heterocycles. The fraction of sp³-hybridized carbons (Fsp3) is 0.333. The summed E-state index contributed by atoms with van der Waals surface area (Å²) in [4.78, 5) is 0. The lowest BCUT2D eigenvalue weighted by Crippen LogP contribution is -2.07. The number of para-hydroxylation sites is 1. The molecule has 0 N–H and O–H groups in total. The molecule has 98 valence electrons. The van der Waals surface area contributed by atoms with Gasteiger partial charge in [-0.15, -0.1) is 0 Å². The standard InChI is InChI=1S/C18H20O/c1-12(2)10-14-8-9-18-16(13(14)3)11-15-6-4-5-7-17(15)19-18/h4-9,12H,10-11H2,1-3H3. The third kappa shape index (κ3) is 2.25. The van der Waals surface area contributed by atoms with Gasteiger partial charge in [0, 0.05) is 12.0 Å². The number of hydrogen-bond acceptors (Lipinski definition) is 1. The smallest absolute Gasteiger partial charge is 0.131 e. The summed E-state index contributed by atoms with van der Waals surface area (Å²) in [5, 5.41) is 0. The second-order valence-corrected chi connectivity index (χ2v) is 5.81. The Hall–Kier alpha value is -1.76. The molecule has 0 saturated carbocycles. The number of fused-ring (bicyclic) bond motifs is 2. The monoisotopic (exact) mass is 252 g/mol. The summed E-state index contributed by atoms with van der Waals surface area (Å²) < 4.78 is 6.02. The first-order chi connectivity index (χ1) is 9.15. The summed E-state index contributed by atoms with van der Waals surface area (Å²) >= 11 is 0. The molecule has 1 heteroatoms.